The number of hydrogen-bond donors (Lipinski definition) is 0. The van der Waals surface area contributed by atoms with E-state index in [2.05, 4.69) is 56.4 Å². The van der Waals surface area contributed by atoms with Gasteiger partial charge in [0.25, 0.3) is 0 Å². The molecule has 0 spiro atoms. The number of aromatic nitrogens is 4. The summed E-state index contributed by atoms with van der Waals surface area (Å²) in [5.41, 5.74) is 4.96. The number of hydrogen-bond acceptors (Lipinski definition) is 4. The van der Waals surface area contributed by atoms with Crippen LogP contribution >= 0.6 is 0 Å². The Balaban J connectivity index is 0.000000161. The average Bonchev–Trinajstić information content (AvgIpc) is 2.80. The van der Waals surface area contributed by atoms with E-state index in [1.54, 1.807) is 24.8 Å². The molecule has 4 nitrogen and oxygen atoms in total. The Morgan fingerprint density at radius 2 is 0.714 bits per heavy atom. The van der Waals surface area contributed by atoms with Crippen molar-refractivity contribution in [3.05, 3.63) is 120 Å². The van der Waals surface area contributed by atoms with Crippen LogP contribution in [0.25, 0.3) is 12.2 Å². The van der Waals surface area contributed by atoms with Crippen LogP contribution in [0.5, 0.6) is 0 Å². The summed E-state index contributed by atoms with van der Waals surface area (Å²) in [5, 5.41) is 0. The van der Waals surface area contributed by atoms with Gasteiger partial charge in [-0.3, -0.25) is 19.9 Å². The molecule has 0 unspecified atom stereocenters. The van der Waals surface area contributed by atoms with Crippen molar-refractivity contribution in [2.45, 2.75) is 12.8 Å². The van der Waals surface area contributed by atoms with Crippen molar-refractivity contribution in [3.8, 4) is 0 Å². The van der Waals surface area contributed by atoms with Gasteiger partial charge in [0.2, 0.25) is 0 Å². The second-order valence-electron chi connectivity index (χ2n) is 6.11. The van der Waals surface area contributed by atoms with Crippen molar-refractivity contribution < 1.29 is 0 Å². The average molecular weight is 366 g/mol. The molecule has 28 heavy (non-hydrogen) atoms. The Hall–Kier alpha value is -3.66. The van der Waals surface area contributed by atoms with E-state index in [1.165, 1.54) is 11.1 Å². The van der Waals surface area contributed by atoms with Gasteiger partial charge in [-0.15, -0.1) is 0 Å². The van der Waals surface area contributed by atoms with Crippen LogP contribution in [-0.4, -0.2) is 19.9 Å². The molecular formula is C24H22N4. The standard InChI is InChI=1S/C12H12N2.C12H10N2/c2*1(11-3-7-13-8-4-11)2-12-5-9-14-10-6-12/h3-10H,1-2H2;1-10H/b;2-1+. The lowest BCUT2D eigenvalue weighted by Crippen LogP contribution is -1.91. The van der Waals surface area contributed by atoms with Crippen LogP contribution in [0, 0.1) is 0 Å². The molecule has 0 amide bonds. The van der Waals surface area contributed by atoms with E-state index in [-0.39, 0.29) is 0 Å². The van der Waals surface area contributed by atoms with Gasteiger partial charge in [-0.2, -0.15) is 0 Å². The molecule has 0 saturated carbocycles. The van der Waals surface area contributed by atoms with Crippen molar-refractivity contribution in [2.75, 3.05) is 0 Å². The fourth-order valence-electron chi connectivity index (χ4n) is 2.53. The fourth-order valence-corrected chi connectivity index (χ4v) is 2.53. The summed E-state index contributed by atoms with van der Waals surface area (Å²) in [6.45, 7) is 0. The minimum atomic E-state index is 1.06. The van der Waals surface area contributed by atoms with Crippen LogP contribution < -0.4 is 0 Å². The first kappa shape index (κ1) is 19.1. The van der Waals surface area contributed by atoms with E-state index >= 15 is 0 Å². The molecule has 0 saturated heterocycles. The molecule has 4 aromatic rings. The third-order valence-electron chi connectivity index (χ3n) is 4.08. The molecular weight excluding hydrogens is 344 g/mol. The van der Waals surface area contributed by atoms with Gasteiger partial charge in [0, 0.05) is 49.6 Å². The highest BCUT2D eigenvalue weighted by Crippen LogP contribution is 2.06. The van der Waals surface area contributed by atoms with E-state index in [4.69, 9.17) is 0 Å². The molecule has 0 bridgehead atoms. The molecule has 0 radical (unpaired) electrons. The van der Waals surface area contributed by atoms with Crippen LogP contribution in [-0.2, 0) is 12.8 Å². The van der Waals surface area contributed by atoms with Crippen LogP contribution in [0.4, 0.5) is 0 Å². The van der Waals surface area contributed by atoms with Gasteiger partial charge >= 0.3 is 0 Å². The maximum Gasteiger partial charge on any atom is 0.0273 e. The highest BCUT2D eigenvalue weighted by Gasteiger charge is 1.94. The Morgan fingerprint density at radius 1 is 0.429 bits per heavy atom. The van der Waals surface area contributed by atoms with Crippen molar-refractivity contribution in [1.29, 1.82) is 0 Å². The third-order valence-corrected chi connectivity index (χ3v) is 4.08. The quantitative estimate of drug-likeness (QED) is 0.504. The Labute approximate surface area is 165 Å². The lowest BCUT2D eigenvalue weighted by atomic mass is 10.1. The van der Waals surface area contributed by atoms with Gasteiger partial charge in [0.15, 0.2) is 0 Å². The molecule has 138 valence electrons. The van der Waals surface area contributed by atoms with Crippen molar-refractivity contribution in [1.82, 2.24) is 19.9 Å². The number of pyridine rings is 4. The maximum atomic E-state index is 3.99. The van der Waals surface area contributed by atoms with Crippen LogP contribution in [0.3, 0.4) is 0 Å². The summed E-state index contributed by atoms with van der Waals surface area (Å²) in [5.74, 6) is 0. The first-order valence-electron chi connectivity index (χ1n) is 9.16. The number of nitrogens with zero attached hydrogens (tertiary/aromatic N) is 4. The zero-order chi connectivity index (χ0) is 19.3. The predicted octanol–water partition coefficient (Wildman–Crippen LogP) is 4.91. The number of aryl methyl sites for hydroxylation is 2. The van der Waals surface area contributed by atoms with E-state index < -0.39 is 0 Å². The van der Waals surface area contributed by atoms with Gasteiger partial charge in [0.05, 0.1) is 0 Å². The largest absolute Gasteiger partial charge is 0.265 e. The zero-order valence-corrected chi connectivity index (χ0v) is 15.6. The van der Waals surface area contributed by atoms with E-state index in [0.717, 1.165) is 24.0 Å². The summed E-state index contributed by atoms with van der Waals surface area (Å²) < 4.78 is 0. The minimum Gasteiger partial charge on any atom is -0.265 e. The molecule has 4 heterocycles. The lowest BCUT2D eigenvalue weighted by molar-refractivity contribution is 0.951. The summed E-state index contributed by atoms with van der Waals surface area (Å²) in [7, 11) is 0. The first-order valence-corrected chi connectivity index (χ1v) is 9.16. The lowest BCUT2D eigenvalue weighted by Gasteiger charge is -2.00. The Morgan fingerprint density at radius 3 is 1.04 bits per heavy atom. The molecule has 0 aliphatic carbocycles. The van der Waals surface area contributed by atoms with Crippen LogP contribution in [0.1, 0.15) is 22.3 Å². The predicted molar refractivity (Wildman–Crippen MR) is 113 cm³/mol. The van der Waals surface area contributed by atoms with E-state index in [9.17, 15) is 0 Å². The topological polar surface area (TPSA) is 51.6 Å². The highest BCUT2D eigenvalue weighted by molar-refractivity contribution is 5.68. The molecule has 0 fully saturated rings. The van der Waals surface area contributed by atoms with Crippen LogP contribution in [0.15, 0.2) is 98.1 Å². The third kappa shape index (κ3) is 6.92. The highest BCUT2D eigenvalue weighted by atomic mass is 14.6. The Kier molecular flexibility index (Phi) is 7.60. The van der Waals surface area contributed by atoms with Gasteiger partial charge in [-0.25, -0.2) is 0 Å². The second kappa shape index (κ2) is 11.1. The fraction of sp³-hybridized carbons (Fsp3) is 0.0833. The van der Waals surface area contributed by atoms with Crippen molar-refractivity contribution in [3.63, 3.8) is 0 Å². The summed E-state index contributed by atoms with van der Waals surface area (Å²) in [6, 6.07) is 16.1. The SMILES string of the molecule is C(=C\c1ccncc1)/c1ccncc1.c1cc(CCc2ccncc2)ccn1. The molecule has 4 aromatic heterocycles. The molecule has 0 N–H and O–H groups in total. The summed E-state index contributed by atoms with van der Waals surface area (Å²) >= 11 is 0. The van der Waals surface area contributed by atoms with Crippen molar-refractivity contribution >= 4 is 12.2 Å². The Bertz CT molecular complexity index is 860. The molecule has 4 heteroatoms. The zero-order valence-electron chi connectivity index (χ0n) is 15.6. The second-order valence-corrected chi connectivity index (χ2v) is 6.11. The minimum absolute atomic E-state index is 1.06. The molecule has 4 rings (SSSR count). The van der Waals surface area contributed by atoms with Gasteiger partial charge in [-0.1, -0.05) is 12.2 Å². The van der Waals surface area contributed by atoms with E-state index in [1.807, 2.05) is 49.1 Å². The molecule has 0 aliphatic heterocycles. The van der Waals surface area contributed by atoms with Crippen molar-refractivity contribution in [2.24, 2.45) is 0 Å². The van der Waals surface area contributed by atoms with Gasteiger partial charge < -0.3 is 0 Å². The maximum absolute atomic E-state index is 3.99. The summed E-state index contributed by atoms with van der Waals surface area (Å²) in [6.07, 6.45) is 20.7. The molecule has 0 aromatic carbocycles. The number of rotatable bonds is 5. The normalized spacial score (nSPS) is 10.3. The van der Waals surface area contributed by atoms with E-state index in [0.29, 0.717) is 0 Å². The molecule has 0 aliphatic rings. The monoisotopic (exact) mass is 366 g/mol. The summed E-state index contributed by atoms with van der Waals surface area (Å²) in [4.78, 5) is 15.9. The molecule has 0 atom stereocenters. The van der Waals surface area contributed by atoms with Crippen LogP contribution in [0.2, 0.25) is 0 Å². The van der Waals surface area contributed by atoms with Gasteiger partial charge in [-0.05, 0) is 83.6 Å². The smallest absolute Gasteiger partial charge is 0.0273 e. The first-order chi connectivity index (χ1) is 13.9. The van der Waals surface area contributed by atoms with Gasteiger partial charge in [0.1, 0.15) is 0 Å².